The largest absolute Gasteiger partial charge is 0.436 e. The number of hydrogen-bond acceptors (Lipinski definition) is 3. The van der Waals surface area contributed by atoms with Gasteiger partial charge in [-0.1, -0.05) is 158 Å². The van der Waals surface area contributed by atoms with Crippen molar-refractivity contribution in [3.63, 3.8) is 0 Å². The van der Waals surface area contributed by atoms with Crippen LogP contribution in [0.5, 0.6) is 0 Å². The van der Waals surface area contributed by atoms with Gasteiger partial charge in [0.2, 0.25) is 5.89 Å². The third-order valence-corrected chi connectivity index (χ3v) is 11.3. The van der Waals surface area contributed by atoms with Crippen LogP contribution in [0, 0.1) is 0 Å². The fraction of sp³-hybridized carbons (Fsp3) is 0. The summed E-state index contributed by atoms with van der Waals surface area (Å²) in [5, 5.41) is 7.03. The molecule has 58 heavy (non-hydrogen) atoms. The smallest absolute Gasteiger partial charge is 0.227 e. The van der Waals surface area contributed by atoms with E-state index in [4.69, 9.17) is 9.40 Å². The van der Waals surface area contributed by atoms with Crippen LogP contribution in [0.2, 0.25) is 0 Å². The molecule has 0 fully saturated rings. The Morgan fingerprint density at radius 1 is 0.328 bits per heavy atom. The molecule has 0 radical (unpaired) electrons. The van der Waals surface area contributed by atoms with E-state index in [0.29, 0.717) is 5.89 Å². The van der Waals surface area contributed by atoms with E-state index in [-0.39, 0.29) is 0 Å². The van der Waals surface area contributed by atoms with Crippen LogP contribution in [0.1, 0.15) is 0 Å². The van der Waals surface area contributed by atoms with Crippen LogP contribution in [0.25, 0.3) is 88.3 Å². The number of nitrogens with zero attached hydrogens (tertiary/aromatic N) is 2. The van der Waals surface area contributed by atoms with Gasteiger partial charge in [0.25, 0.3) is 0 Å². The summed E-state index contributed by atoms with van der Waals surface area (Å²) in [7, 11) is 0. The number of aromatic nitrogens is 1. The van der Waals surface area contributed by atoms with Crippen LogP contribution in [0.4, 0.5) is 17.1 Å². The van der Waals surface area contributed by atoms with Gasteiger partial charge in [-0.2, -0.15) is 0 Å². The summed E-state index contributed by atoms with van der Waals surface area (Å²) < 4.78 is 6.32. The van der Waals surface area contributed by atoms with Crippen LogP contribution in [-0.2, 0) is 0 Å². The highest BCUT2D eigenvalue weighted by atomic mass is 16.3. The van der Waals surface area contributed by atoms with E-state index in [9.17, 15) is 0 Å². The highest BCUT2D eigenvalue weighted by molar-refractivity contribution is 6.26. The van der Waals surface area contributed by atoms with Crippen molar-refractivity contribution in [2.24, 2.45) is 0 Å². The first-order valence-corrected chi connectivity index (χ1v) is 19.7. The number of hydrogen-bond donors (Lipinski definition) is 0. The van der Waals surface area contributed by atoms with Crippen LogP contribution >= 0.6 is 0 Å². The van der Waals surface area contributed by atoms with Crippen molar-refractivity contribution in [3.8, 4) is 44.8 Å². The van der Waals surface area contributed by atoms with Gasteiger partial charge in [0.05, 0.1) is 0 Å². The predicted octanol–water partition coefficient (Wildman–Crippen LogP) is 15.4. The van der Waals surface area contributed by atoms with Crippen molar-refractivity contribution >= 4 is 60.5 Å². The van der Waals surface area contributed by atoms with Crippen molar-refractivity contribution in [1.82, 2.24) is 4.98 Å². The number of oxazole rings is 1. The molecule has 0 bridgehead atoms. The van der Waals surface area contributed by atoms with Gasteiger partial charge in [0.1, 0.15) is 5.52 Å². The monoisotopic (exact) mass is 740 g/mol. The number of anilines is 3. The summed E-state index contributed by atoms with van der Waals surface area (Å²) in [4.78, 5) is 7.41. The van der Waals surface area contributed by atoms with E-state index >= 15 is 0 Å². The Hall–Kier alpha value is -7.75. The van der Waals surface area contributed by atoms with E-state index in [1.165, 1.54) is 49.4 Å². The molecule has 3 heteroatoms. The fourth-order valence-electron chi connectivity index (χ4n) is 8.38. The molecule has 0 amide bonds. The summed E-state index contributed by atoms with van der Waals surface area (Å²) in [6.07, 6.45) is 0. The molecule has 0 saturated carbocycles. The van der Waals surface area contributed by atoms with Crippen LogP contribution in [0.3, 0.4) is 0 Å². The lowest BCUT2D eigenvalue weighted by Crippen LogP contribution is -2.10. The maximum atomic E-state index is 6.32. The average molecular weight is 741 g/mol. The molecule has 0 saturated heterocycles. The summed E-state index contributed by atoms with van der Waals surface area (Å²) in [5.74, 6) is 0.637. The molecular weight excluding hydrogens is 705 g/mol. The maximum absolute atomic E-state index is 6.32. The number of rotatable bonds is 7. The average Bonchev–Trinajstić information content (AvgIpc) is 3.75. The Morgan fingerprint density at radius 3 is 1.47 bits per heavy atom. The zero-order valence-corrected chi connectivity index (χ0v) is 31.6. The van der Waals surface area contributed by atoms with Gasteiger partial charge in [0, 0.05) is 28.0 Å². The van der Waals surface area contributed by atoms with E-state index in [2.05, 4.69) is 187 Å². The Morgan fingerprint density at radius 2 is 0.810 bits per heavy atom. The molecule has 0 N–H and O–H groups in total. The highest BCUT2D eigenvalue weighted by Gasteiger charge is 2.17. The van der Waals surface area contributed by atoms with Crippen molar-refractivity contribution in [1.29, 1.82) is 0 Å². The molecule has 1 aromatic heterocycles. The third-order valence-electron chi connectivity index (χ3n) is 11.3. The van der Waals surface area contributed by atoms with E-state index < -0.39 is 0 Å². The standard InChI is InChI=1S/C55H36N2O/c1-4-11-37(12-5-1)39-23-29-47(30-24-39)57(49-18-10-17-44(36-49)38-13-6-2-7-14-38)48-31-25-40(26-32-48)45-27-33-50-46(35-45)22-21-41-19-20-42-28-34-51-54(53(42)52(41)50)56-55(58-51)43-15-8-3-9-16-43/h1-36H. The Balaban J connectivity index is 0.989. The summed E-state index contributed by atoms with van der Waals surface area (Å²) in [5.41, 5.74) is 13.0. The second-order valence-electron chi connectivity index (χ2n) is 14.8. The van der Waals surface area contributed by atoms with Crippen molar-refractivity contribution in [3.05, 3.63) is 218 Å². The minimum absolute atomic E-state index is 0.637. The van der Waals surface area contributed by atoms with Gasteiger partial charge in [0.15, 0.2) is 5.58 Å². The molecule has 0 spiro atoms. The zero-order valence-electron chi connectivity index (χ0n) is 31.6. The topological polar surface area (TPSA) is 29.3 Å². The number of benzene rings is 10. The molecular formula is C55H36N2O. The summed E-state index contributed by atoms with van der Waals surface area (Å²) in [6, 6.07) is 77.7. The Labute approximate surface area is 336 Å². The lowest BCUT2D eigenvalue weighted by atomic mass is 9.93. The lowest BCUT2D eigenvalue weighted by Gasteiger charge is -2.26. The minimum Gasteiger partial charge on any atom is -0.436 e. The van der Waals surface area contributed by atoms with Gasteiger partial charge >= 0.3 is 0 Å². The minimum atomic E-state index is 0.637. The molecule has 0 unspecified atom stereocenters. The molecule has 0 aliphatic heterocycles. The van der Waals surface area contributed by atoms with Crippen LogP contribution < -0.4 is 4.90 Å². The predicted molar refractivity (Wildman–Crippen MR) is 243 cm³/mol. The van der Waals surface area contributed by atoms with E-state index in [1.807, 2.05) is 36.4 Å². The molecule has 0 aliphatic carbocycles. The van der Waals surface area contributed by atoms with Crippen LogP contribution in [-0.4, -0.2) is 4.98 Å². The van der Waals surface area contributed by atoms with Gasteiger partial charge in [-0.3, -0.25) is 0 Å². The van der Waals surface area contributed by atoms with Crippen LogP contribution in [0.15, 0.2) is 223 Å². The summed E-state index contributed by atoms with van der Waals surface area (Å²) in [6.45, 7) is 0. The Bertz CT molecular complexity index is 3240. The Kier molecular flexibility index (Phi) is 8.15. The lowest BCUT2D eigenvalue weighted by molar-refractivity contribution is 0.620. The molecule has 0 atom stereocenters. The van der Waals surface area contributed by atoms with Crippen molar-refractivity contribution < 1.29 is 4.42 Å². The third kappa shape index (κ3) is 5.98. The normalized spacial score (nSPS) is 11.4. The summed E-state index contributed by atoms with van der Waals surface area (Å²) >= 11 is 0. The van der Waals surface area contributed by atoms with Crippen molar-refractivity contribution in [2.45, 2.75) is 0 Å². The zero-order chi connectivity index (χ0) is 38.4. The van der Waals surface area contributed by atoms with E-state index in [1.54, 1.807) is 0 Å². The molecule has 272 valence electrons. The first kappa shape index (κ1) is 33.6. The SMILES string of the molecule is c1ccc(-c2ccc(N(c3ccc(-c4ccc5c(ccc6ccc7ccc8oc(-c9ccccc9)nc8c7c65)c4)cc3)c3cccc(-c4ccccc4)c3)cc2)cc1. The molecule has 3 nitrogen and oxygen atoms in total. The molecule has 0 aliphatic rings. The molecule has 11 rings (SSSR count). The molecule has 1 heterocycles. The molecule has 11 aromatic rings. The first-order valence-electron chi connectivity index (χ1n) is 19.7. The van der Waals surface area contributed by atoms with Gasteiger partial charge in [-0.15, -0.1) is 0 Å². The quantitative estimate of drug-likeness (QED) is 0.152. The van der Waals surface area contributed by atoms with Crippen molar-refractivity contribution in [2.75, 3.05) is 4.90 Å². The molecule has 10 aromatic carbocycles. The van der Waals surface area contributed by atoms with Gasteiger partial charge in [-0.05, 0) is 121 Å². The fourth-order valence-corrected chi connectivity index (χ4v) is 8.38. The van der Waals surface area contributed by atoms with Gasteiger partial charge < -0.3 is 9.32 Å². The van der Waals surface area contributed by atoms with Gasteiger partial charge in [-0.25, -0.2) is 4.98 Å². The van der Waals surface area contributed by atoms with E-state index in [0.717, 1.165) is 50.1 Å². The first-order chi connectivity index (χ1) is 28.7. The maximum Gasteiger partial charge on any atom is 0.227 e. The number of fused-ring (bicyclic) bond motifs is 7. The second kappa shape index (κ2) is 14.1. The second-order valence-corrected chi connectivity index (χ2v) is 14.8. The highest BCUT2D eigenvalue weighted by Crippen LogP contribution is 2.41.